The molecule has 1 atom stereocenters. The van der Waals surface area contributed by atoms with Gasteiger partial charge in [0.2, 0.25) is 0 Å². The molecule has 1 N–H and O–H groups in total. The predicted octanol–water partition coefficient (Wildman–Crippen LogP) is 2.64. The van der Waals surface area contributed by atoms with Crippen LogP contribution in [-0.2, 0) is 14.3 Å². The largest absolute Gasteiger partial charge is 0.480 e. The first-order valence-corrected chi connectivity index (χ1v) is 6.94. The van der Waals surface area contributed by atoms with E-state index in [0.717, 1.165) is 4.90 Å². The van der Waals surface area contributed by atoms with Crippen LogP contribution in [0.2, 0.25) is 0 Å². The molecule has 0 bridgehead atoms. The highest BCUT2D eigenvalue weighted by atomic mass is 32.2. The highest BCUT2D eigenvalue weighted by Gasteiger charge is 2.19. The molecule has 0 saturated carbocycles. The Morgan fingerprint density at radius 1 is 1.59 bits per heavy atom. The van der Waals surface area contributed by atoms with Crippen LogP contribution in [0.4, 0.5) is 0 Å². The number of thioether (sulfide) groups is 1. The molecule has 1 aromatic rings. The zero-order valence-electron chi connectivity index (χ0n) is 9.42. The van der Waals surface area contributed by atoms with Gasteiger partial charge in [0, 0.05) is 16.7 Å². The van der Waals surface area contributed by atoms with Gasteiger partial charge in [0.05, 0.1) is 7.11 Å². The van der Waals surface area contributed by atoms with Crippen LogP contribution < -0.4 is 0 Å². The zero-order valence-corrected chi connectivity index (χ0v) is 11.1. The van der Waals surface area contributed by atoms with Crippen LogP contribution in [0.1, 0.15) is 19.3 Å². The number of thiophene rings is 1. The number of esters is 1. The van der Waals surface area contributed by atoms with E-state index in [1.165, 1.54) is 30.2 Å². The molecule has 0 aliphatic carbocycles. The summed E-state index contributed by atoms with van der Waals surface area (Å²) in [5.41, 5.74) is 0. The molecular weight excluding hydrogens is 260 g/mol. The van der Waals surface area contributed by atoms with Crippen LogP contribution in [0.25, 0.3) is 0 Å². The minimum Gasteiger partial charge on any atom is -0.480 e. The van der Waals surface area contributed by atoms with Crippen LogP contribution in [0.15, 0.2) is 21.7 Å². The molecule has 17 heavy (non-hydrogen) atoms. The Hall–Kier alpha value is -1.01. The molecule has 1 rings (SSSR count). The Balaban J connectivity index is 2.39. The Morgan fingerprint density at radius 2 is 2.35 bits per heavy atom. The van der Waals surface area contributed by atoms with Crippen LogP contribution in [0, 0.1) is 0 Å². The first-order valence-electron chi connectivity index (χ1n) is 5.12. The fourth-order valence-electron chi connectivity index (χ4n) is 1.25. The SMILES string of the molecule is COC(=O)CCCC(Sc1ccsc1)C(=O)O. The number of carboxylic acid groups (broad SMARTS) is 1. The molecule has 0 spiro atoms. The molecule has 0 saturated heterocycles. The highest BCUT2D eigenvalue weighted by molar-refractivity contribution is 8.00. The van der Waals surface area contributed by atoms with Gasteiger partial charge in [0.1, 0.15) is 5.25 Å². The molecule has 1 heterocycles. The molecule has 1 unspecified atom stereocenters. The quantitative estimate of drug-likeness (QED) is 0.611. The second kappa shape index (κ2) is 7.34. The number of methoxy groups -OCH3 is 1. The fraction of sp³-hybridized carbons (Fsp3) is 0.455. The molecule has 94 valence electrons. The summed E-state index contributed by atoms with van der Waals surface area (Å²) in [5, 5.41) is 12.4. The number of carbonyl (C=O) groups excluding carboxylic acids is 1. The van der Waals surface area contributed by atoms with E-state index in [1.807, 2.05) is 16.8 Å². The second-order valence-corrected chi connectivity index (χ2v) is 5.43. The third-order valence-electron chi connectivity index (χ3n) is 2.12. The molecule has 0 fully saturated rings. The number of aliphatic carboxylic acids is 1. The number of rotatable bonds is 7. The summed E-state index contributed by atoms with van der Waals surface area (Å²) >= 11 is 2.86. The Bertz CT molecular complexity index is 362. The van der Waals surface area contributed by atoms with E-state index >= 15 is 0 Å². The van der Waals surface area contributed by atoms with Crippen molar-refractivity contribution in [1.29, 1.82) is 0 Å². The van der Waals surface area contributed by atoms with Crippen molar-refractivity contribution < 1.29 is 19.4 Å². The topological polar surface area (TPSA) is 63.6 Å². The average molecular weight is 274 g/mol. The normalized spacial score (nSPS) is 12.1. The van der Waals surface area contributed by atoms with Gasteiger partial charge in [-0.15, -0.1) is 11.8 Å². The predicted molar refractivity (Wildman–Crippen MR) is 67.5 cm³/mol. The molecule has 0 aromatic carbocycles. The van der Waals surface area contributed by atoms with Gasteiger partial charge in [-0.1, -0.05) is 0 Å². The Labute approximate surface area is 108 Å². The second-order valence-electron chi connectivity index (χ2n) is 3.37. The Kier molecular flexibility index (Phi) is 6.07. The van der Waals surface area contributed by atoms with Crippen molar-refractivity contribution in [2.75, 3.05) is 7.11 Å². The summed E-state index contributed by atoms with van der Waals surface area (Å²) < 4.78 is 4.51. The van der Waals surface area contributed by atoms with Crippen molar-refractivity contribution in [2.45, 2.75) is 29.4 Å². The van der Waals surface area contributed by atoms with Crippen LogP contribution in [0.5, 0.6) is 0 Å². The summed E-state index contributed by atoms with van der Waals surface area (Å²) in [7, 11) is 1.33. The Morgan fingerprint density at radius 3 is 2.88 bits per heavy atom. The standard InChI is InChI=1S/C11H14O4S2/c1-15-10(12)4-2-3-9(11(13)14)17-8-5-6-16-7-8/h5-7,9H,2-4H2,1H3,(H,13,14). The van der Waals surface area contributed by atoms with Gasteiger partial charge in [0.15, 0.2) is 0 Å². The zero-order chi connectivity index (χ0) is 12.7. The summed E-state index contributed by atoms with van der Waals surface area (Å²) in [6.07, 6.45) is 1.26. The van der Waals surface area contributed by atoms with Crippen LogP contribution in [0.3, 0.4) is 0 Å². The van der Waals surface area contributed by atoms with Crippen molar-refractivity contribution >= 4 is 35.0 Å². The van der Waals surface area contributed by atoms with Gasteiger partial charge in [-0.25, -0.2) is 0 Å². The van der Waals surface area contributed by atoms with Gasteiger partial charge >= 0.3 is 11.9 Å². The van der Waals surface area contributed by atoms with E-state index in [-0.39, 0.29) is 12.4 Å². The monoisotopic (exact) mass is 274 g/mol. The molecule has 6 heteroatoms. The lowest BCUT2D eigenvalue weighted by Gasteiger charge is -2.10. The van der Waals surface area contributed by atoms with Crippen molar-refractivity contribution in [3.8, 4) is 0 Å². The highest BCUT2D eigenvalue weighted by Crippen LogP contribution is 2.28. The molecule has 0 amide bonds. The molecular formula is C11H14O4S2. The van der Waals surface area contributed by atoms with E-state index in [0.29, 0.717) is 12.8 Å². The van der Waals surface area contributed by atoms with E-state index in [4.69, 9.17) is 5.11 Å². The number of hydrogen-bond acceptors (Lipinski definition) is 5. The molecule has 0 radical (unpaired) electrons. The van der Waals surface area contributed by atoms with Gasteiger partial charge in [0.25, 0.3) is 0 Å². The van der Waals surface area contributed by atoms with Crippen LogP contribution in [-0.4, -0.2) is 29.4 Å². The van der Waals surface area contributed by atoms with Gasteiger partial charge in [-0.05, 0) is 24.3 Å². The smallest absolute Gasteiger partial charge is 0.316 e. The summed E-state index contributed by atoms with van der Waals surface area (Å²) in [6, 6.07) is 1.89. The molecule has 0 aliphatic heterocycles. The summed E-state index contributed by atoms with van der Waals surface area (Å²) in [5.74, 6) is -1.14. The first kappa shape index (κ1) is 14.1. The van der Waals surface area contributed by atoms with Crippen molar-refractivity contribution in [1.82, 2.24) is 0 Å². The van der Waals surface area contributed by atoms with E-state index in [9.17, 15) is 9.59 Å². The van der Waals surface area contributed by atoms with Crippen molar-refractivity contribution in [2.24, 2.45) is 0 Å². The molecule has 0 aliphatic rings. The maximum atomic E-state index is 11.0. The van der Waals surface area contributed by atoms with Gasteiger partial charge in [-0.2, -0.15) is 11.3 Å². The summed E-state index contributed by atoms with van der Waals surface area (Å²) in [4.78, 5) is 22.9. The maximum absolute atomic E-state index is 11.0. The third-order valence-corrected chi connectivity index (χ3v) is 4.20. The third kappa shape index (κ3) is 5.23. The maximum Gasteiger partial charge on any atom is 0.316 e. The van der Waals surface area contributed by atoms with Gasteiger partial charge < -0.3 is 9.84 Å². The van der Waals surface area contributed by atoms with E-state index < -0.39 is 11.2 Å². The lowest BCUT2D eigenvalue weighted by molar-refractivity contribution is -0.141. The minimum atomic E-state index is -0.842. The van der Waals surface area contributed by atoms with Crippen molar-refractivity contribution in [3.63, 3.8) is 0 Å². The van der Waals surface area contributed by atoms with Crippen LogP contribution >= 0.6 is 23.1 Å². The first-order chi connectivity index (χ1) is 8.13. The fourth-order valence-corrected chi connectivity index (χ4v) is 3.10. The van der Waals surface area contributed by atoms with Gasteiger partial charge in [-0.3, -0.25) is 9.59 Å². The number of carbonyl (C=O) groups is 2. The number of ether oxygens (including phenoxy) is 1. The molecule has 4 nitrogen and oxygen atoms in total. The average Bonchev–Trinajstić information content (AvgIpc) is 2.80. The van der Waals surface area contributed by atoms with E-state index in [1.54, 1.807) is 0 Å². The van der Waals surface area contributed by atoms with Crippen molar-refractivity contribution in [3.05, 3.63) is 16.8 Å². The number of hydrogen-bond donors (Lipinski definition) is 1. The lowest BCUT2D eigenvalue weighted by Crippen LogP contribution is -2.16. The lowest BCUT2D eigenvalue weighted by atomic mass is 10.2. The molecule has 1 aromatic heterocycles. The minimum absolute atomic E-state index is 0.268. The van der Waals surface area contributed by atoms with E-state index in [2.05, 4.69) is 4.74 Å². The summed E-state index contributed by atoms with van der Waals surface area (Å²) in [6.45, 7) is 0. The number of carboxylic acids is 1.